The van der Waals surface area contributed by atoms with E-state index in [1.165, 1.54) is 0 Å². The second-order valence-electron chi connectivity index (χ2n) is 9.60. The number of carbonyl (C=O) groups excluding carboxylic acids is 4. The van der Waals surface area contributed by atoms with Crippen LogP contribution in [0.15, 0.2) is 0 Å². The fourth-order valence-electron chi connectivity index (χ4n) is 3.08. The fraction of sp³-hybridized carbons (Fsp3) is 0.789. The number of carboxylic acid groups (broad SMARTS) is 2. The quantitative estimate of drug-likeness (QED) is 0.179. The zero-order valence-corrected chi connectivity index (χ0v) is 18.4. The molecule has 0 fully saturated rings. The third-order valence-electron chi connectivity index (χ3n) is 4.39. The Hall–Kier alpha value is -1.92. The van der Waals surface area contributed by atoms with Gasteiger partial charge >= 0.3 is 0 Å². The van der Waals surface area contributed by atoms with E-state index >= 15 is 0 Å². The molecule has 174 valence electrons. The van der Waals surface area contributed by atoms with Crippen LogP contribution in [0.25, 0.3) is 0 Å². The summed E-state index contributed by atoms with van der Waals surface area (Å²) in [5.41, 5.74) is 0. The molecule has 0 aliphatic carbocycles. The lowest BCUT2D eigenvalue weighted by molar-refractivity contribution is -0.873. The molecule has 0 spiro atoms. The Morgan fingerprint density at radius 3 is 1.43 bits per heavy atom. The number of quaternary nitrogens is 2. The number of nitrogens with zero attached hydrogens (tertiary/aromatic N) is 2. The number of rotatable bonds is 14. The zero-order chi connectivity index (χ0) is 24.0. The van der Waals surface area contributed by atoms with Crippen LogP contribution in [0.1, 0.15) is 12.8 Å². The SMILES string of the molecule is C[N+](C)(C)CC(O)C(C(=O)[O-])C(=O)CCC(O)C(=O)C(C(=O)[O-])C(O)C[N+](C)(C)C. The van der Waals surface area contributed by atoms with Crippen LogP contribution < -0.4 is 10.2 Å². The van der Waals surface area contributed by atoms with Crippen LogP contribution in [0.5, 0.6) is 0 Å². The van der Waals surface area contributed by atoms with Crippen LogP contribution in [0.2, 0.25) is 0 Å². The van der Waals surface area contributed by atoms with E-state index in [0.717, 1.165) is 0 Å². The van der Waals surface area contributed by atoms with Gasteiger partial charge in [0.15, 0.2) is 5.78 Å². The summed E-state index contributed by atoms with van der Waals surface area (Å²) in [4.78, 5) is 47.2. The van der Waals surface area contributed by atoms with Crippen molar-refractivity contribution >= 4 is 23.5 Å². The topological polar surface area (TPSA) is 175 Å². The molecular weight excluding hydrogens is 400 g/mol. The Balaban J connectivity index is 5.19. The number of aliphatic hydroxyl groups excluding tert-OH is 3. The zero-order valence-electron chi connectivity index (χ0n) is 18.4. The van der Waals surface area contributed by atoms with Gasteiger partial charge in [0.2, 0.25) is 0 Å². The summed E-state index contributed by atoms with van der Waals surface area (Å²) in [6.07, 6.45) is -6.28. The Kier molecular flexibility index (Phi) is 10.2. The number of aliphatic carboxylic acids is 2. The molecular formula is C19H34N2O9. The van der Waals surface area contributed by atoms with Gasteiger partial charge in [-0.05, 0) is 6.42 Å². The van der Waals surface area contributed by atoms with Crippen molar-refractivity contribution in [2.75, 3.05) is 55.4 Å². The molecule has 0 aromatic carbocycles. The van der Waals surface area contributed by atoms with Crippen LogP contribution in [0.4, 0.5) is 0 Å². The van der Waals surface area contributed by atoms with E-state index in [4.69, 9.17) is 0 Å². The van der Waals surface area contributed by atoms with E-state index in [1.807, 2.05) is 0 Å². The Morgan fingerprint density at radius 2 is 1.10 bits per heavy atom. The molecule has 0 aliphatic heterocycles. The Labute approximate surface area is 176 Å². The predicted molar refractivity (Wildman–Crippen MR) is 100 cm³/mol. The second-order valence-corrected chi connectivity index (χ2v) is 9.60. The normalized spacial score (nSPS) is 17.5. The number of hydrogen-bond acceptors (Lipinski definition) is 9. The minimum absolute atomic E-state index is 0.0596. The van der Waals surface area contributed by atoms with Gasteiger partial charge in [0.05, 0.1) is 66.1 Å². The van der Waals surface area contributed by atoms with Crippen molar-refractivity contribution in [1.82, 2.24) is 0 Å². The molecule has 0 aliphatic rings. The maximum Gasteiger partial charge on any atom is 0.172 e. The van der Waals surface area contributed by atoms with Crippen molar-refractivity contribution < 1.29 is 53.7 Å². The van der Waals surface area contributed by atoms with Crippen LogP contribution in [0, 0.1) is 11.8 Å². The maximum absolute atomic E-state index is 12.3. The molecule has 0 amide bonds. The molecule has 0 radical (unpaired) electrons. The number of carboxylic acids is 2. The van der Waals surface area contributed by atoms with Gasteiger partial charge in [0.1, 0.15) is 37.2 Å². The lowest BCUT2D eigenvalue weighted by Crippen LogP contribution is -2.53. The summed E-state index contributed by atoms with van der Waals surface area (Å²) in [7, 11) is 10.0. The van der Waals surface area contributed by atoms with E-state index in [0.29, 0.717) is 0 Å². The monoisotopic (exact) mass is 434 g/mol. The number of carbonyl (C=O) groups is 4. The largest absolute Gasteiger partial charge is 0.549 e. The first-order valence-corrected chi connectivity index (χ1v) is 9.50. The van der Waals surface area contributed by atoms with Gasteiger partial charge in [-0.1, -0.05) is 0 Å². The predicted octanol–water partition coefficient (Wildman–Crippen LogP) is -4.87. The molecule has 11 nitrogen and oxygen atoms in total. The summed E-state index contributed by atoms with van der Waals surface area (Å²) in [6.45, 7) is -0.171. The average Bonchev–Trinajstić information content (AvgIpc) is 2.48. The van der Waals surface area contributed by atoms with E-state index in [1.54, 1.807) is 42.3 Å². The summed E-state index contributed by atoms with van der Waals surface area (Å²) in [6, 6.07) is 0. The van der Waals surface area contributed by atoms with Crippen molar-refractivity contribution in [3.8, 4) is 0 Å². The van der Waals surface area contributed by atoms with Crippen LogP contribution >= 0.6 is 0 Å². The highest BCUT2D eigenvalue weighted by molar-refractivity contribution is 6.01. The standard InChI is InChI=1S/C19H34N2O9/c1-20(2,3)9-13(24)15(18(27)28)11(22)7-8-12(23)17(26)16(19(29)30)14(25)10-21(4,5)6/h12-16,23-25H,7-10H2,1-6H3. The molecule has 0 bridgehead atoms. The number of hydrogen-bond donors (Lipinski definition) is 3. The summed E-state index contributed by atoms with van der Waals surface area (Å²) in [5.74, 6) is -9.70. The van der Waals surface area contributed by atoms with Crippen LogP contribution in [-0.2, 0) is 19.2 Å². The van der Waals surface area contributed by atoms with Crippen LogP contribution in [-0.4, -0.2) is 121 Å². The van der Waals surface area contributed by atoms with E-state index in [-0.39, 0.29) is 22.1 Å². The average molecular weight is 434 g/mol. The van der Waals surface area contributed by atoms with Gasteiger partial charge in [0, 0.05) is 6.42 Å². The third kappa shape index (κ3) is 9.72. The van der Waals surface area contributed by atoms with Gasteiger partial charge in [-0.3, -0.25) is 9.59 Å². The number of ketones is 2. The van der Waals surface area contributed by atoms with E-state index < -0.39 is 66.5 Å². The molecule has 30 heavy (non-hydrogen) atoms. The molecule has 0 saturated heterocycles. The maximum atomic E-state index is 12.3. The molecule has 0 rings (SSSR count). The van der Waals surface area contributed by atoms with Crippen LogP contribution in [0.3, 0.4) is 0 Å². The van der Waals surface area contributed by atoms with E-state index in [9.17, 15) is 44.7 Å². The molecule has 0 aromatic heterocycles. The lowest BCUT2D eigenvalue weighted by Gasteiger charge is -2.31. The first kappa shape index (κ1) is 28.1. The number of aliphatic hydroxyl groups is 3. The van der Waals surface area contributed by atoms with Gasteiger partial charge in [-0.2, -0.15) is 0 Å². The highest BCUT2D eigenvalue weighted by Gasteiger charge is 2.37. The van der Waals surface area contributed by atoms with Crippen molar-refractivity contribution in [2.24, 2.45) is 11.8 Å². The van der Waals surface area contributed by atoms with Gasteiger partial charge in [-0.25, -0.2) is 0 Å². The van der Waals surface area contributed by atoms with Crippen molar-refractivity contribution in [3.63, 3.8) is 0 Å². The smallest absolute Gasteiger partial charge is 0.172 e. The molecule has 5 atom stereocenters. The minimum atomic E-state index is -2.01. The minimum Gasteiger partial charge on any atom is -0.549 e. The van der Waals surface area contributed by atoms with Crippen molar-refractivity contribution in [2.45, 2.75) is 31.2 Å². The fourth-order valence-corrected chi connectivity index (χ4v) is 3.08. The molecule has 0 aromatic rings. The highest BCUT2D eigenvalue weighted by atomic mass is 16.4. The Morgan fingerprint density at radius 1 is 0.733 bits per heavy atom. The highest BCUT2D eigenvalue weighted by Crippen LogP contribution is 2.17. The van der Waals surface area contributed by atoms with Crippen molar-refractivity contribution in [3.05, 3.63) is 0 Å². The molecule has 5 unspecified atom stereocenters. The van der Waals surface area contributed by atoms with Gasteiger partial charge < -0.3 is 44.1 Å². The van der Waals surface area contributed by atoms with E-state index in [2.05, 4.69) is 0 Å². The van der Waals surface area contributed by atoms with Gasteiger partial charge in [-0.15, -0.1) is 0 Å². The van der Waals surface area contributed by atoms with Gasteiger partial charge in [0.25, 0.3) is 0 Å². The summed E-state index contributed by atoms with van der Waals surface area (Å²) >= 11 is 0. The second kappa shape index (κ2) is 10.9. The Bertz CT molecular complexity index is 637. The number of likely N-dealkylation sites (N-methyl/N-ethyl adjacent to an activating group) is 2. The molecule has 0 heterocycles. The molecule has 11 heteroatoms. The first-order valence-electron chi connectivity index (χ1n) is 9.50. The molecule has 3 N–H and O–H groups in total. The lowest BCUT2D eigenvalue weighted by atomic mass is 9.88. The van der Waals surface area contributed by atoms with Crippen molar-refractivity contribution in [1.29, 1.82) is 0 Å². The summed E-state index contributed by atoms with van der Waals surface area (Å²) < 4.78 is 0.321. The number of Topliss-reactive ketones (excluding diaryl/α,β-unsaturated/α-hetero) is 2. The summed E-state index contributed by atoms with van der Waals surface area (Å²) in [5, 5.41) is 52.9. The first-order chi connectivity index (χ1) is 13.4. The molecule has 0 saturated carbocycles. The third-order valence-corrected chi connectivity index (χ3v) is 4.39.